The summed E-state index contributed by atoms with van der Waals surface area (Å²) >= 11 is 2.31. The van der Waals surface area contributed by atoms with Gasteiger partial charge >= 0.3 is 0 Å². The third-order valence-corrected chi connectivity index (χ3v) is 4.33. The molecule has 0 bridgehead atoms. The van der Waals surface area contributed by atoms with Gasteiger partial charge in [-0.1, -0.05) is 19.3 Å². The molecule has 2 N–H and O–H groups in total. The Kier molecular flexibility index (Phi) is 4.54. The monoisotopic (exact) mass is 344 g/mol. The molecule has 17 heavy (non-hydrogen) atoms. The summed E-state index contributed by atoms with van der Waals surface area (Å²) in [5.41, 5.74) is 8.30. The number of hydrogen-bond donors (Lipinski definition) is 1. The lowest BCUT2D eigenvalue weighted by molar-refractivity contribution is 0.418. The highest BCUT2D eigenvalue weighted by Gasteiger charge is 2.21. The van der Waals surface area contributed by atoms with E-state index in [2.05, 4.69) is 52.6 Å². The number of hydrogen-bond acceptors (Lipinski definition) is 2. The number of nitrogens with zero attached hydrogens (tertiary/aromatic N) is 1. The van der Waals surface area contributed by atoms with Crippen molar-refractivity contribution in [3.63, 3.8) is 0 Å². The van der Waals surface area contributed by atoms with Crippen LogP contribution in [0.5, 0.6) is 0 Å². The van der Waals surface area contributed by atoms with E-state index in [1.165, 1.54) is 41.4 Å². The molecule has 1 aromatic carbocycles. The molecule has 3 heteroatoms. The molecule has 0 unspecified atom stereocenters. The Morgan fingerprint density at radius 2 is 2.00 bits per heavy atom. The lowest BCUT2D eigenvalue weighted by Crippen LogP contribution is -2.37. The lowest BCUT2D eigenvalue weighted by Gasteiger charge is -2.36. The van der Waals surface area contributed by atoms with E-state index < -0.39 is 0 Å². The van der Waals surface area contributed by atoms with Crippen LogP contribution < -0.4 is 10.6 Å². The predicted molar refractivity (Wildman–Crippen MR) is 83.5 cm³/mol. The van der Waals surface area contributed by atoms with Crippen molar-refractivity contribution in [1.82, 2.24) is 0 Å². The first-order valence-corrected chi connectivity index (χ1v) is 7.62. The fraction of sp³-hybridized carbons (Fsp3) is 0.571. The molecule has 2 nitrogen and oxygen atoms in total. The zero-order valence-electron chi connectivity index (χ0n) is 10.5. The first kappa shape index (κ1) is 13.0. The van der Waals surface area contributed by atoms with E-state index in [4.69, 9.17) is 5.73 Å². The second-order valence-corrected chi connectivity index (χ2v) is 6.03. The van der Waals surface area contributed by atoms with Crippen LogP contribution in [-0.4, -0.2) is 12.6 Å². The fourth-order valence-electron chi connectivity index (χ4n) is 2.80. The number of nitrogens with two attached hydrogens (primary N) is 1. The van der Waals surface area contributed by atoms with Gasteiger partial charge in [-0.05, 0) is 60.6 Å². The van der Waals surface area contributed by atoms with Crippen molar-refractivity contribution in [2.45, 2.75) is 45.1 Å². The van der Waals surface area contributed by atoms with Crippen LogP contribution in [0.2, 0.25) is 0 Å². The summed E-state index contributed by atoms with van der Waals surface area (Å²) in [5, 5.41) is 0. The molecule has 2 rings (SSSR count). The van der Waals surface area contributed by atoms with Crippen LogP contribution in [0.1, 0.15) is 39.0 Å². The van der Waals surface area contributed by atoms with Crippen molar-refractivity contribution >= 4 is 34.0 Å². The Bertz CT molecular complexity index is 372. The van der Waals surface area contributed by atoms with Crippen molar-refractivity contribution < 1.29 is 0 Å². The first-order chi connectivity index (χ1) is 8.22. The Balaban J connectivity index is 2.21. The highest BCUT2D eigenvalue weighted by Crippen LogP contribution is 2.31. The first-order valence-electron chi connectivity index (χ1n) is 6.54. The van der Waals surface area contributed by atoms with Gasteiger partial charge in [0.05, 0.1) is 11.4 Å². The van der Waals surface area contributed by atoms with Crippen molar-refractivity contribution in [2.24, 2.45) is 0 Å². The molecule has 0 atom stereocenters. The van der Waals surface area contributed by atoms with Crippen LogP contribution in [-0.2, 0) is 0 Å². The van der Waals surface area contributed by atoms with Crippen LogP contribution in [0.3, 0.4) is 0 Å². The molecule has 1 saturated carbocycles. The van der Waals surface area contributed by atoms with E-state index in [-0.39, 0.29) is 0 Å². The van der Waals surface area contributed by atoms with Gasteiger partial charge in [-0.15, -0.1) is 0 Å². The van der Waals surface area contributed by atoms with E-state index in [1.54, 1.807) is 0 Å². The standard InChI is InChI=1S/C14H21IN2/c1-2-17(12-6-4-3-5-7-12)14-9-8-11(15)10-13(14)16/h8-10,12H,2-7,16H2,1H3. The summed E-state index contributed by atoms with van der Waals surface area (Å²) in [7, 11) is 0. The van der Waals surface area contributed by atoms with E-state index in [1.807, 2.05) is 0 Å². The topological polar surface area (TPSA) is 29.3 Å². The quantitative estimate of drug-likeness (QED) is 0.663. The molecule has 1 fully saturated rings. The summed E-state index contributed by atoms with van der Waals surface area (Å²) in [6.07, 6.45) is 6.77. The number of anilines is 2. The molecule has 0 heterocycles. The number of benzene rings is 1. The van der Waals surface area contributed by atoms with Crippen molar-refractivity contribution in [3.8, 4) is 0 Å². The zero-order chi connectivity index (χ0) is 12.3. The van der Waals surface area contributed by atoms with Crippen LogP contribution in [0.15, 0.2) is 18.2 Å². The minimum Gasteiger partial charge on any atom is -0.397 e. The highest BCUT2D eigenvalue weighted by molar-refractivity contribution is 14.1. The summed E-state index contributed by atoms with van der Waals surface area (Å²) in [4.78, 5) is 2.49. The average Bonchev–Trinajstić information content (AvgIpc) is 2.34. The largest absolute Gasteiger partial charge is 0.397 e. The van der Waals surface area contributed by atoms with Gasteiger partial charge in [0.25, 0.3) is 0 Å². The van der Waals surface area contributed by atoms with E-state index >= 15 is 0 Å². The Labute approximate surface area is 118 Å². The van der Waals surface area contributed by atoms with Crippen molar-refractivity contribution in [2.75, 3.05) is 17.2 Å². The number of rotatable bonds is 3. The van der Waals surface area contributed by atoms with Crippen molar-refractivity contribution in [1.29, 1.82) is 0 Å². The van der Waals surface area contributed by atoms with E-state index in [0.29, 0.717) is 6.04 Å². The van der Waals surface area contributed by atoms with Gasteiger partial charge in [0.1, 0.15) is 0 Å². The molecule has 0 spiro atoms. The molecular formula is C14H21IN2. The third-order valence-electron chi connectivity index (χ3n) is 3.66. The summed E-state index contributed by atoms with van der Waals surface area (Å²) in [6.45, 7) is 3.28. The fourth-order valence-corrected chi connectivity index (χ4v) is 3.32. The van der Waals surface area contributed by atoms with E-state index in [9.17, 15) is 0 Å². The molecule has 1 aromatic rings. The molecule has 1 aliphatic carbocycles. The molecule has 0 aliphatic heterocycles. The van der Waals surface area contributed by atoms with Crippen molar-refractivity contribution in [3.05, 3.63) is 21.8 Å². The average molecular weight is 344 g/mol. The number of nitrogen functional groups attached to an aromatic ring is 1. The molecular weight excluding hydrogens is 323 g/mol. The highest BCUT2D eigenvalue weighted by atomic mass is 127. The Hall–Kier alpha value is -0.450. The van der Waals surface area contributed by atoms with Crippen LogP contribution >= 0.6 is 22.6 Å². The summed E-state index contributed by atoms with van der Waals surface area (Å²) in [6, 6.07) is 7.09. The predicted octanol–water partition coefficient (Wildman–Crippen LogP) is 4.03. The van der Waals surface area contributed by atoms with E-state index in [0.717, 1.165) is 12.2 Å². The van der Waals surface area contributed by atoms with Gasteiger partial charge in [-0.2, -0.15) is 0 Å². The molecule has 0 aromatic heterocycles. The van der Waals surface area contributed by atoms with Crippen LogP contribution in [0.4, 0.5) is 11.4 Å². The normalized spacial score (nSPS) is 17.1. The van der Waals surface area contributed by atoms with Crippen LogP contribution in [0, 0.1) is 3.57 Å². The van der Waals surface area contributed by atoms with Gasteiger partial charge < -0.3 is 10.6 Å². The Morgan fingerprint density at radius 3 is 2.59 bits per heavy atom. The third kappa shape index (κ3) is 3.06. The van der Waals surface area contributed by atoms with Gasteiger partial charge in [-0.3, -0.25) is 0 Å². The van der Waals surface area contributed by atoms with Gasteiger partial charge in [0.2, 0.25) is 0 Å². The molecule has 1 aliphatic rings. The molecule has 0 radical (unpaired) electrons. The van der Waals surface area contributed by atoms with Gasteiger partial charge in [-0.25, -0.2) is 0 Å². The maximum absolute atomic E-state index is 6.16. The molecule has 94 valence electrons. The summed E-state index contributed by atoms with van der Waals surface area (Å²) < 4.78 is 1.21. The summed E-state index contributed by atoms with van der Waals surface area (Å²) in [5.74, 6) is 0. The minimum atomic E-state index is 0.691. The second-order valence-electron chi connectivity index (χ2n) is 4.78. The van der Waals surface area contributed by atoms with Crippen LogP contribution in [0.25, 0.3) is 0 Å². The smallest absolute Gasteiger partial charge is 0.0603 e. The van der Waals surface area contributed by atoms with Gasteiger partial charge in [0, 0.05) is 16.2 Å². The van der Waals surface area contributed by atoms with Gasteiger partial charge in [0.15, 0.2) is 0 Å². The zero-order valence-corrected chi connectivity index (χ0v) is 12.6. The minimum absolute atomic E-state index is 0.691. The Morgan fingerprint density at radius 1 is 1.29 bits per heavy atom. The maximum atomic E-state index is 6.16. The lowest BCUT2D eigenvalue weighted by atomic mass is 9.93. The second kappa shape index (κ2) is 5.94. The molecule has 0 amide bonds. The number of halogens is 1. The maximum Gasteiger partial charge on any atom is 0.0603 e. The molecule has 0 saturated heterocycles. The SMILES string of the molecule is CCN(c1ccc(I)cc1N)C1CCCCC1.